The number of hydrogen-bond donors (Lipinski definition) is 0. The number of anilines is 3. The number of furan rings is 1. The highest BCUT2D eigenvalue weighted by molar-refractivity contribution is 7.20. The van der Waals surface area contributed by atoms with E-state index in [-0.39, 0.29) is 0 Å². The second-order valence-corrected chi connectivity index (χ2v) is 16.6. The van der Waals surface area contributed by atoms with Crippen LogP contribution in [0.1, 0.15) is 16.9 Å². The molecular weight excluding hydrogens is 735 g/mol. The lowest BCUT2D eigenvalue weighted by atomic mass is 9.95. The van der Waals surface area contributed by atoms with E-state index in [0.717, 1.165) is 57.2 Å². The topological polar surface area (TPSA) is 16.4 Å². The first-order valence-corrected chi connectivity index (χ1v) is 21.2. The molecule has 0 saturated heterocycles. The minimum atomic E-state index is 0.874. The molecule has 2 heterocycles. The lowest BCUT2D eigenvalue weighted by Gasteiger charge is -2.27. The molecule has 0 radical (unpaired) electrons. The summed E-state index contributed by atoms with van der Waals surface area (Å²) in [4.78, 5) is 3.81. The van der Waals surface area contributed by atoms with E-state index < -0.39 is 0 Å². The van der Waals surface area contributed by atoms with E-state index in [9.17, 15) is 0 Å². The Morgan fingerprint density at radius 2 is 1.19 bits per heavy atom. The minimum Gasteiger partial charge on any atom is -0.455 e. The maximum absolute atomic E-state index is 6.72. The van der Waals surface area contributed by atoms with E-state index in [4.69, 9.17) is 4.42 Å². The van der Waals surface area contributed by atoms with Crippen LogP contribution in [0.4, 0.5) is 17.1 Å². The molecule has 278 valence electrons. The molecule has 2 nitrogen and oxygen atoms in total. The lowest BCUT2D eigenvalue weighted by Crippen LogP contribution is -2.10. The van der Waals surface area contributed by atoms with Crippen LogP contribution in [0.3, 0.4) is 0 Å². The Morgan fingerprint density at radius 1 is 0.475 bits per heavy atom. The van der Waals surface area contributed by atoms with Crippen molar-refractivity contribution in [3.8, 4) is 33.4 Å². The van der Waals surface area contributed by atoms with Crippen LogP contribution in [0.25, 0.3) is 93.0 Å². The van der Waals surface area contributed by atoms with Gasteiger partial charge in [-0.25, -0.2) is 0 Å². The molecule has 1 aliphatic rings. The van der Waals surface area contributed by atoms with Gasteiger partial charge in [-0.1, -0.05) is 133 Å². The second-order valence-electron chi connectivity index (χ2n) is 15.6. The summed E-state index contributed by atoms with van der Waals surface area (Å²) in [7, 11) is 0. The average molecular weight is 772 g/mol. The SMILES string of the molecule is C1=Cc2sc3ccc(-c4cccc(N(c5ccc(-c6cccc(-c7cccc8ccccc78)c6)cc5)c5cccc6oc7c8ccccc8ccc7c56)c4)cc3c2CC1. The Kier molecular flexibility index (Phi) is 7.89. The maximum atomic E-state index is 6.72. The summed E-state index contributed by atoms with van der Waals surface area (Å²) in [5.74, 6) is 0. The molecule has 0 unspecified atom stereocenters. The summed E-state index contributed by atoms with van der Waals surface area (Å²) >= 11 is 1.90. The van der Waals surface area contributed by atoms with E-state index >= 15 is 0 Å². The van der Waals surface area contributed by atoms with Crippen LogP contribution in [-0.4, -0.2) is 0 Å². The van der Waals surface area contributed by atoms with Crippen LogP contribution >= 0.6 is 11.3 Å². The predicted octanol–water partition coefficient (Wildman–Crippen LogP) is 16.5. The van der Waals surface area contributed by atoms with Gasteiger partial charge in [0, 0.05) is 31.7 Å². The molecule has 1 aliphatic carbocycles. The third-order valence-electron chi connectivity index (χ3n) is 12.1. The third kappa shape index (κ3) is 5.69. The van der Waals surface area contributed by atoms with Gasteiger partial charge < -0.3 is 9.32 Å². The Labute approximate surface area is 346 Å². The second kappa shape index (κ2) is 13.7. The minimum absolute atomic E-state index is 0.874. The standard InChI is InChI=1S/C56H37NOS/c1-3-18-45-37(11-1)13-9-21-46(45)42-16-7-14-39(33-42)36-25-29-43(30-26-36)57(51-22-10-23-52-55(51)49-31-27-38-12-2-4-19-47(38)56(49)58-52)44-17-8-15-40(34-44)41-28-32-54-50(35-41)48-20-5-6-24-53(48)59-54/h1-4,6-19,21-35H,5,20H2. The molecule has 0 amide bonds. The van der Waals surface area contributed by atoms with Crippen molar-refractivity contribution in [3.63, 3.8) is 0 Å². The highest BCUT2D eigenvalue weighted by Crippen LogP contribution is 2.46. The summed E-state index contributed by atoms with van der Waals surface area (Å²) < 4.78 is 8.08. The Morgan fingerprint density at radius 3 is 2.08 bits per heavy atom. The molecule has 0 fully saturated rings. The zero-order valence-corrected chi connectivity index (χ0v) is 33.0. The number of benzene rings is 9. The molecule has 59 heavy (non-hydrogen) atoms. The molecule has 0 atom stereocenters. The largest absolute Gasteiger partial charge is 0.455 e. The van der Waals surface area contributed by atoms with Gasteiger partial charge >= 0.3 is 0 Å². The van der Waals surface area contributed by atoms with Crippen LogP contribution < -0.4 is 4.90 Å². The molecule has 0 N–H and O–H groups in total. The summed E-state index contributed by atoms with van der Waals surface area (Å²) in [6.45, 7) is 0. The van der Waals surface area contributed by atoms with Gasteiger partial charge in [0.05, 0.1) is 11.1 Å². The summed E-state index contributed by atoms with van der Waals surface area (Å²) in [5, 5.41) is 8.41. The average Bonchev–Trinajstić information content (AvgIpc) is 3.88. The molecule has 2 aromatic heterocycles. The zero-order chi connectivity index (χ0) is 38.9. The number of hydrogen-bond acceptors (Lipinski definition) is 3. The number of rotatable bonds is 6. The highest BCUT2D eigenvalue weighted by atomic mass is 32.1. The molecule has 3 heteroatoms. The fourth-order valence-electron chi connectivity index (χ4n) is 9.28. The Hall–Kier alpha value is -7.20. The van der Waals surface area contributed by atoms with Crippen molar-refractivity contribution < 1.29 is 4.42 Å². The van der Waals surface area contributed by atoms with E-state index in [2.05, 4.69) is 205 Å². The van der Waals surface area contributed by atoms with E-state index in [1.165, 1.54) is 70.1 Å². The van der Waals surface area contributed by atoms with Crippen molar-refractivity contribution in [2.24, 2.45) is 0 Å². The van der Waals surface area contributed by atoms with Crippen molar-refractivity contribution >= 4 is 88.0 Å². The van der Waals surface area contributed by atoms with Crippen LogP contribution in [0, 0.1) is 0 Å². The number of allylic oxidation sites excluding steroid dienone is 1. The van der Waals surface area contributed by atoms with Crippen molar-refractivity contribution in [1.82, 2.24) is 0 Å². The number of fused-ring (bicyclic) bond motifs is 9. The number of thiophene rings is 1. The van der Waals surface area contributed by atoms with Crippen LogP contribution in [0.5, 0.6) is 0 Å². The quantitative estimate of drug-likeness (QED) is 0.167. The van der Waals surface area contributed by atoms with E-state index in [1.54, 1.807) is 0 Å². The Bertz CT molecular complexity index is 3450. The first-order valence-electron chi connectivity index (χ1n) is 20.4. The van der Waals surface area contributed by atoms with Gasteiger partial charge in [-0.2, -0.15) is 0 Å². The van der Waals surface area contributed by atoms with Crippen LogP contribution in [0.2, 0.25) is 0 Å². The molecule has 12 rings (SSSR count). The fourth-order valence-corrected chi connectivity index (χ4v) is 10.4. The van der Waals surface area contributed by atoms with Gasteiger partial charge in [0.15, 0.2) is 0 Å². The van der Waals surface area contributed by atoms with Gasteiger partial charge in [0.25, 0.3) is 0 Å². The van der Waals surface area contributed by atoms with Gasteiger partial charge in [-0.3, -0.25) is 0 Å². The normalized spacial score (nSPS) is 12.5. The van der Waals surface area contributed by atoms with Crippen molar-refractivity contribution in [3.05, 3.63) is 205 Å². The molecule has 9 aromatic carbocycles. The van der Waals surface area contributed by atoms with Crippen LogP contribution in [-0.2, 0) is 6.42 Å². The summed E-state index contributed by atoms with van der Waals surface area (Å²) in [5.41, 5.74) is 13.8. The van der Waals surface area contributed by atoms with E-state index in [1.807, 2.05) is 11.3 Å². The monoisotopic (exact) mass is 771 g/mol. The van der Waals surface area contributed by atoms with Gasteiger partial charge in [-0.15, -0.1) is 11.3 Å². The number of aryl methyl sites for hydroxylation is 1. The molecule has 0 spiro atoms. The molecular formula is C56H37NOS. The molecule has 0 bridgehead atoms. The fraction of sp³-hybridized carbons (Fsp3) is 0.0357. The maximum Gasteiger partial charge on any atom is 0.143 e. The third-order valence-corrected chi connectivity index (χ3v) is 13.3. The lowest BCUT2D eigenvalue weighted by molar-refractivity contribution is 0.672. The zero-order valence-electron chi connectivity index (χ0n) is 32.2. The molecule has 11 aromatic rings. The Balaban J connectivity index is 1.01. The van der Waals surface area contributed by atoms with Crippen LogP contribution in [0.15, 0.2) is 199 Å². The summed E-state index contributed by atoms with van der Waals surface area (Å²) in [6, 6.07) is 68.6. The van der Waals surface area contributed by atoms with Crippen molar-refractivity contribution in [1.29, 1.82) is 0 Å². The predicted molar refractivity (Wildman–Crippen MR) is 252 cm³/mol. The van der Waals surface area contributed by atoms with Crippen molar-refractivity contribution in [2.45, 2.75) is 12.8 Å². The van der Waals surface area contributed by atoms with Gasteiger partial charge in [0.2, 0.25) is 0 Å². The van der Waals surface area contributed by atoms with E-state index in [0.29, 0.717) is 0 Å². The smallest absolute Gasteiger partial charge is 0.143 e. The highest BCUT2D eigenvalue weighted by Gasteiger charge is 2.21. The van der Waals surface area contributed by atoms with Gasteiger partial charge in [0.1, 0.15) is 11.2 Å². The first kappa shape index (κ1) is 33.9. The first-order chi connectivity index (χ1) is 29.2. The number of nitrogens with zero attached hydrogens (tertiary/aromatic N) is 1. The summed E-state index contributed by atoms with van der Waals surface area (Å²) in [6.07, 6.45) is 6.81. The molecule has 0 aliphatic heterocycles. The van der Waals surface area contributed by atoms with Gasteiger partial charge in [-0.05, 0) is 140 Å². The molecule has 0 saturated carbocycles. The van der Waals surface area contributed by atoms with Crippen molar-refractivity contribution in [2.75, 3.05) is 4.90 Å².